The van der Waals surface area contributed by atoms with Gasteiger partial charge in [-0.3, -0.25) is 11.3 Å². The molecule has 1 fully saturated rings. The molecule has 2 nitrogen and oxygen atoms in total. The SMILES string of the molecule is CC#CCCC(NN)C1(C)CC1. The van der Waals surface area contributed by atoms with Gasteiger partial charge in [0.2, 0.25) is 0 Å². The van der Waals surface area contributed by atoms with Gasteiger partial charge in [0.15, 0.2) is 0 Å². The molecule has 1 atom stereocenters. The topological polar surface area (TPSA) is 38.0 Å². The zero-order chi connectivity index (χ0) is 9.03. The van der Waals surface area contributed by atoms with Crippen LogP contribution in [-0.2, 0) is 0 Å². The highest BCUT2D eigenvalue weighted by Crippen LogP contribution is 2.48. The van der Waals surface area contributed by atoms with E-state index in [4.69, 9.17) is 5.84 Å². The van der Waals surface area contributed by atoms with Crippen LogP contribution in [0.1, 0.15) is 39.5 Å². The van der Waals surface area contributed by atoms with Crippen molar-refractivity contribution in [2.45, 2.75) is 45.6 Å². The molecule has 12 heavy (non-hydrogen) atoms. The first kappa shape index (κ1) is 9.57. The van der Waals surface area contributed by atoms with Gasteiger partial charge in [0.05, 0.1) is 0 Å². The molecule has 0 aromatic heterocycles. The molecule has 1 aliphatic carbocycles. The molecule has 1 saturated carbocycles. The monoisotopic (exact) mass is 166 g/mol. The van der Waals surface area contributed by atoms with E-state index in [9.17, 15) is 0 Å². The third-order valence-electron chi connectivity index (χ3n) is 2.82. The average Bonchev–Trinajstić information content (AvgIpc) is 2.78. The Bertz CT molecular complexity index is 196. The smallest absolute Gasteiger partial charge is 0.0273 e. The first-order chi connectivity index (χ1) is 5.73. The highest BCUT2D eigenvalue weighted by atomic mass is 15.2. The van der Waals surface area contributed by atoms with Crippen molar-refractivity contribution in [1.29, 1.82) is 0 Å². The summed E-state index contributed by atoms with van der Waals surface area (Å²) in [6.07, 6.45) is 4.65. The summed E-state index contributed by atoms with van der Waals surface area (Å²) in [5.41, 5.74) is 3.36. The fourth-order valence-electron chi connectivity index (χ4n) is 1.52. The van der Waals surface area contributed by atoms with Crippen LogP contribution in [0.25, 0.3) is 0 Å². The number of hydrazine groups is 1. The van der Waals surface area contributed by atoms with Crippen LogP contribution in [0.2, 0.25) is 0 Å². The molecule has 0 saturated heterocycles. The Morgan fingerprint density at radius 1 is 1.58 bits per heavy atom. The molecular formula is C10H18N2. The van der Waals surface area contributed by atoms with Crippen LogP contribution >= 0.6 is 0 Å². The lowest BCUT2D eigenvalue weighted by Crippen LogP contribution is -2.40. The van der Waals surface area contributed by atoms with Crippen molar-refractivity contribution in [2.75, 3.05) is 0 Å². The van der Waals surface area contributed by atoms with Gasteiger partial charge in [-0.2, -0.15) is 0 Å². The fourth-order valence-corrected chi connectivity index (χ4v) is 1.52. The van der Waals surface area contributed by atoms with Crippen molar-refractivity contribution < 1.29 is 0 Å². The molecule has 1 rings (SSSR count). The quantitative estimate of drug-likeness (QED) is 0.376. The first-order valence-corrected chi connectivity index (χ1v) is 4.58. The largest absolute Gasteiger partial charge is 0.271 e. The Morgan fingerprint density at radius 2 is 2.25 bits per heavy atom. The van der Waals surface area contributed by atoms with Crippen LogP contribution in [0.5, 0.6) is 0 Å². The molecule has 3 N–H and O–H groups in total. The molecule has 68 valence electrons. The maximum Gasteiger partial charge on any atom is 0.0273 e. The Morgan fingerprint density at radius 3 is 2.67 bits per heavy atom. The van der Waals surface area contributed by atoms with Gasteiger partial charge in [-0.25, -0.2) is 0 Å². The molecule has 0 aromatic carbocycles. The minimum atomic E-state index is 0.457. The molecule has 2 heteroatoms. The summed E-state index contributed by atoms with van der Waals surface area (Å²) in [6, 6.07) is 0.457. The van der Waals surface area contributed by atoms with E-state index >= 15 is 0 Å². The number of nitrogens with one attached hydrogen (secondary N) is 1. The Hall–Kier alpha value is -0.520. The Kier molecular flexibility index (Phi) is 3.13. The van der Waals surface area contributed by atoms with Crippen LogP contribution in [0.15, 0.2) is 0 Å². The number of rotatable bonds is 4. The second kappa shape index (κ2) is 3.93. The van der Waals surface area contributed by atoms with E-state index in [-0.39, 0.29) is 0 Å². The second-order valence-corrected chi connectivity index (χ2v) is 3.84. The summed E-state index contributed by atoms with van der Waals surface area (Å²) in [5.74, 6) is 11.5. The van der Waals surface area contributed by atoms with E-state index in [0.717, 1.165) is 12.8 Å². The van der Waals surface area contributed by atoms with Crippen molar-refractivity contribution >= 4 is 0 Å². The van der Waals surface area contributed by atoms with Gasteiger partial charge in [0.1, 0.15) is 0 Å². The molecule has 0 aromatic rings. The molecule has 0 heterocycles. The van der Waals surface area contributed by atoms with Gasteiger partial charge in [-0.05, 0) is 31.6 Å². The predicted octanol–water partition coefficient (Wildman–Crippen LogP) is 1.42. The molecule has 0 radical (unpaired) electrons. The van der Waals surface area contributed by atoms with E-state index in [1.807, 2.05) is 6.92 Å². The standard InChI is InChI=1S/C10H18N2/c1-3-4-5-6-9(12-11)10(2)7-8-10/h9,12H,5-8,11H2,1-2H3. The van der Waals surface area contributed by atoms with Gasteiger partial charge >= 0.3 is 0 Å². The summed E-state index contributed by atoms with van der Waals surface area (Å²) in [7, 11) is 0. The van der Waals surface area contributed by atoms with Crippen molar-refractivity contribution in [2.24, 2.45) is 11.3 Å². The zero-order valence-corrected chi connectivity index (χ0v) is 7.98. The number of hydrogen-bond donors (Lipinski definition) is 2. The summed E-state index contributed by atoms with van der Waals surface area (Å²) in [5, 5.41) is 0. The number of nitrogens with two attached hydrogens (primary N) is 1. The third kappa shape index (κ3) is 2.23. The normalized spacial score (nSPS) is 20.9. The lowest BCUT2D eigenvalue weighted by molar-refractivity contribution is 0.345. The lowest BCUT2D eigenvalue weighted by atomic mass is 9.95. The summed E-state index contributed by atoms with van der Waals surface area (Å²) in [4.78, 5) is 0. The molecule has 0 bridgehead atoms. The van der Waals surface area contributed by atoms with E-state index in [0.29, 0.717) is 11.5 Å². The minimum absolute atomic E-state index is 0.457. The van der Waals surface area contributed by atoms with Gasteiger partial charge < -0.3 is 0 Å². The second-order valence-electron chi connectivity index (χ2n) is 3.84. The third-order valence-corrected chi connectivity index (χ3v) is 2.82. The van der Waals surface area contributed by atoms with Crippen molar-refractivity contribution in [3.63, 3.8) is 0 Å². The Labute approximate surface area is 74.9 Å². The van der Waals surface area contributed by atoms with Gasteiger partial charge in [-0.1, -0.05) is 6.92 Å². The highest BCUT2D eigenvalue weighted by molar-refractivity contribution is 5.01. The van der Waals surface area contributed by atoms with E-state index in [1.54, 1.807) is 0 Å². The summed E-state index contributed by atoms with van der Waals surface area (Å²) in [6.45, 7) is 4.17. The van der Waals surface area contributed by atoms with Gasteiger partial charge in [0, 0.05) is 12.5 Å². The minimum Gasteiger partial charge on any atom is -0.271 e. The summed E-state index contributed by atoms with van der Waals surface area (Å²) < 4.78 is 0. The molecule has 1 unspecified atom stereocenters. The highest BCUT2D eigenvalue weighted by Gasteiger charge is 2.43. The maximum absolute atomic E-state index is 5.48. The number of hydrogen-bond acceptors (Lipinski definition) is 2. The van der Waals surface area contributed by atoms with Crippen molar-refractivity contribution in [3.8, 4) is 11.8 Å². The van der Waals surface area contributed by atoms with Crippen LogP contribution in [0, 0.1) is 17.3 Å². The molecule has 0 amide bonds. The van der Waals surface area contributed by atoms with Crippen LogP contribution in [0.3, 0.4) is 0 Å². The van der Waals surface area contributed by atoms with E-state index in [1.165, 1.54) is 12.8 Å². The predicted molar refractivity (Wildman–Crippen MR) is 51.1 cm³/mol. The average molecular weight is 166 g/mol. The van der Waals surface area contributed by atoms with Crippen LogP contribution < -0.4 is 11.3 Å². The van der Waals surface area contributed by atoms with E-state index < -0.39 is 0 Å². The lowest BCUT2D eigenvalue weighted by Gasteiger charge is -2.21. The van der Waals surface area contributed by atoms with Crippen LogP contribution in [0.4, 0.5) is 0 Å². The fraction of sp³-hybridized carbons (Fsp3) is 0.800. The van der Waals surface area contributed by atoms with E-state index in [2.05, 4.69) is 24.2 Å². The first-order valence-electron chi connectivity index (χ1n) is 4.58. The van der Waals surface area contributed by atoms with Gasteiger partial charge in [0.25, 0.3) is 0 Å². The van der Waals surface area contributed by atoms with Crippen LogP contribution in [-0.4, -0.2) is 6.04 Å². The summed E-state index contributed by atoms with van der Waals surface area (Å²) >= 11 is 0. The van der Waals surface area contributed by atoms with Gasteiger partial charge in [-0.15, -0.1) is 11.8 Å². The Balaban J connectivity index is 2.29. The zero-order valence-electron chi connectivity index (χ0n) is 7.98. The molecular weight excluding hydrogens is 148 g/mol. The van der Waals surface area contributed by atoms with Crippen molar-refractivity contribution in [3.05, 3.63) is 0 Å². The molecule has 0 spiro atoms. The molecule has 1 aliphatic rings. The maximum atomic E-state index is 5.48. The molecule has 0 aliphatic heterocycles. The van der Waals surface area contributed by atoms with Crippen molar-refractivity contribution in [1.82, 2.24) is 5.43 Å².